The number of para-hydroxylation sites is 1. The van der Waals surface area contributed by atoms with Crippen LogP contribution < -0.4 is 16.0 Å². The number of anilines is 2. The van der Waals surface area contributed by atoms with Gasteiger partial charge in [-0.1, -0.05) is 72.8 Å². The minimum atomic E-state index is -0.893. The summed E-state index contributed by atoms with van der Waals surface area (Å²) in [5.41, 5.74) is 3.46. The van der Waals surface area contributed by atoms with Crippen LogP contribution in [0.15, 0.2) is 114 Å². The highest BCUT2D eigenvalue weighted by Gasteiger charge is 2.19. The maximum absolute atomic E-state index is 13.0. The Labute approximate surface area is 225 Å². The van der Waals surface area contributed by atoms with Crippen molar-refractivity contribution in [2.45, 2.75) is 23.1 Å². The molecule has 0 radical (unpaired) electrons. The highest BCUT2D eigenvalue weighted by atomic mass is 32.2. The molecule has 38 heavy (non-hydrogen) atoms. The van der Waals surface area contributed by atoms with Gasteiger partial charge in [-0.3, -0.25) is 9.59 Å². The number of amides is 3. The van der Waals surface area contributed by atoms with Gasteiger partial charge in [0.15, 0.2) is 0 Å². The first-order chi connectivity index (χ1) is 18.5. The van der Waals surface area contributed by atoms with E-state index in [-0.39, 0.29) is 23.6 Å². The van der Waals surface area contributed by atoms with Gasteiger partial charge in [0.25, 0.3) is 5.91 Å². The smallest absolute Gasteiger partial charge is 0.319 e. The first kappa shape index (κ1) is 26.5. The van der Waals surface area contributed by atoms with Gasteiger partial charge in [-0.2, -0.15) is 0 Å². The van der Waals surface area contributed by atoms with Crippen LogP contribution in [-0.2, 0) is 11.3 Å². The molecule has 0 saturated carbocycles. The topological polar surface area (TPSA) is 108 Å². The van der Waals surface area contributed by atoms with Crippen molar-refractivity contribution < 1.29 is 19.5 Å². The summed E-state index contributed by atoms with van der Waals surface area (Å²) < 4.78 is 0. The number of carbonyl (C=O) groups excluding carboxylic acids is 2. The highest BCUT2D eigenvalue weighted by Crippen LogP contribution is 2.41. The third-order valence-corrected chi connectivity index (χ3v) is 6.97. The van der Waals surface area contributed by atoms with Gasteiger partial charge in [0.2, 0.25) is 0 Å². The second kappa shape index (κ2) is 13.1. The van der Waals surface area contributed by atoms with Crippen LogP contribution in [0.1, 0.15) is 33.2 Å². The fourth-order valence-electron chi connectivity index (χ4n) is 3.73. The fraction of sp³-hybridized carbons (Fsp3) is 0.100. The summed E-state index contributed by atoms with van der Waals surface area (Å²) in [5, 5.41) is 17.6. The Morgan fingerprint density at radius 2 is 1.37 bits per heavy atom. The molecule has 0 aromatic heterocycles. The van der Waals surface area contributed by atoms with E-state index in [0.29, 0.717) is 23.5 Å². The molecule has 192 valence electrons. The number of rotatable bonds is 10. The summed E-state index contributed by atoms with van der Waals surface area (Å²) in [6.45, 7) is 0.405. The van der Waals surface area contributed by atoms with Crippen LogP contribution in [0.5, 0.6) is 0 Å². The van der Waals surface area contributed by atoms with Gasteiger partial charge in [0, 0.05) is 27.9 Å². The molecule has 0 fully saturated rings. The van der Waals surface area contributed by atoms with E-state index in [2.05, 4.69) is 16.0 Å². The number of nitrogens with one attached hydrogen (secondary N) is 3. The van der Waals surface area contributed by atoms with Gasteiger partial charge in [-0.25, -0.2) is 4.79 Å². The average molecular weight is 526 g/mol. The lowest BCUT2D eigenvalue weighted by Gasteiger charge is -2.18. The third-order valence-electron chi connectivity index (χ3n) is 5.64. The Morgan fingerprint density at radius 3 is 2.05 bits per heavy atom. The van der Waals surface area contributed by atoms with Crippen LogP contribution in [0, 0.1) is 0 Å². The quantitative estimate of drug-likeness (QED) is 0.175. The maximum Gasteiger partial charge on any atom is 0.319 e. The Kier molecular flexibility index (Phi) is 9.15. The molecule has 4 aromatic carbocycles. The lowest BCUT2D eigenvalue weighted by atomic mass is 10.1. The molecule has 0 saturated heterocycles. The van der Waals surface area contributed by atoms with Crippen molar-refractivity contribution in [1.29, 1.82) is 0 Å². The molecule has 0 heterocycles. The molecule has 1 unspecified atom stereocenters. The summed E-state index contributed by atoms with van der Waals surface area (Å²) in [6.07, 6.45) is -0.0512. The summed E-state index contributed by atoms with van der Waals surface area (Å²) in [6, 6.07) is 32.6. The predicted octanol–water partition coefficient (Wildman–Crippen LogP) is 6.57. The molecule has 0 aliphatic heterocycles. The van der Waals surface area contributed by atoms with Crippen LogP contribution in [0.4, 0.5) is 16.2 Å². The molecule has 0 spiro atoms. The van der Waals surface area contributed by atoms with Gasteiger partial charge in [0.1, 0.15) is 0 Å². The van der Waals surface area contributed by atoms with Crippen LogP contribution in [-0.4, -0.2) is 23.0 Å². The standard InChI is InChI=1S/C30H27N3O4S/c34-28(35)19-27(22-11-5-2-6-12-22)38-26-14-8-7-13-25(26)33-29(36)23-15-17-24(18-16-23)32-30(37)31-20-21-9-3-1-4-10-21/h1-18,27H,19-20H2,(H,33,36)(H,34,35)(H2,31,32,37). The molecule has 1 atom stereocenters. The molecule has 0 aliphatic carbocycles. The van der Waals surface area contributed by atoms with Crippen molar-refractivity contribution in [2.75, 3.05) is 10.6 Å². The molecular formula is C30H27N3O4S. The second-order valence-electron chi connectivity index (χ2n) is 8.44. The van der Waals surface area contributed by atoms with E-state index in [0.717, 1.165) is 16.0 Å². The van der Waals surface area contributed by atoms with Crippen molar-refractivity contribution in [2.24, 2.45) is 0 Å². The van der Waals surface area contributed by atoms with Crippen molar-refractivity contribution in [3.8, 4) is 0 Å². The lowest BCUT2D eigenvalue weighted by Crippen LogP contribution is -2.28. The molecule has 7 nitrogen and oxygen atoms in total. The zero-order valence-corrected chi connectivity index (χ0v) is 21.3. The van der Waals surface area contributed by atoms with E-state index in [4.69, 9.17) is 0 Å². The van der Waals surface area contributed by atoms with Gasteiger partial charge in [-0.15, -0.1) is 11.8 Å². The number of hydrogen-bond acceptors (Lipinski definition) is 4. The van der Waals surface area contributed by atoms with Gasteiger partial charge in [0.05, 0.1) is 12.1 Å². The number of benzene rings is 4. The average Bonchev–Trinajstić information content (AvgIpc) is 2.94. The zero-order valence-electron chi connectivity index (χ0n) is 20.5. The Hall–Kier alpha value is -4.56. The van der Waals surface area contributed by atoms with Gasteiger partial charge in [-0.05, 0) is 47.5 Å². The Balaban J connectivity index is 1.38. The summed E-state index contributed by atoms with van der Waals surface area (Å²) in [4.78, 5) is 37.5. The van der Waals surface area contributed by atoms with E-state index < -0.39 is 5.97 Å². The minimum absolute atomic E-state index is 0.0512. The zero-order chi connectivity index (χ0) is 26.7. The number of urea groups is 1. The molecule has 4 N–H and O–H groups in total. The molecule has 3 amide bonds. The molecule has 0 aliphatic rings. The summed E-state index contributed by atoms with van der Waals surface area (Å²) in [7, 11) is 0. The minimum Gasteiger partial charge on any atom is -0.481 e. The fourth-order valence-corrected chi connectivity index (χ4v) is 4.96. The summed E-state index contributed by atoms with van der Waals surface area (Å²) >= 11 is 1.40. The molecule has 0 bridgehead atoms. The number of carboxylic acids is 1. The van der Waals surface area contributed by atoms with Crippen molar-refractivity contribution in [3.63, 3.8) is 0 Å². The van der Waals surface area contributed by atoms with Crippen molar-refractivity contribution >= 4 is 41.0 Å². The molecule has 8 heteroatoms. The van der Waals surface area contributed by atoms with E-state index >= 15 is 0 Å². The van der Waals surface area contributed by atoms with Crippen LogP contribution >= 0.6 is 11.8 Å². The van der Waals surface area contributed by atoms with Crippen molar-refractivity contribution in [3.05, 3.63) is 126 Å². The third kappa shape index (κ3) is 7.72. The van der Waals surface area contributed by atoms with E-state index in [1.54, 1.807) is 30.3 Å². The first-order valence-electron chi connectivity index (χ1n) is 12.0. The lowest BCUT2D eigenvalue weighted by molar-refractivity contribution is -0.137. The maximum atomic E-state index is 13.0. The predicted molar refractivity (Wildman–Crippen MR) is 150 cm³/mol. The number of thioether (sulfide) groups is 1. The number of hydrogen-bond donors (Lipinski definition) is 4. The number of aliphatic carboxylic acids is 1. The van der Waals surface area contributed by atoms with E-state index in [1.807, 2.05) is 78.9 Å². The highest BCUT2D eigenvalue weighted by molar-refractivity contribution is 7.99. The molecule has 4 aromatic rings. The number of carboxylic acid groups (broad SMARTS) is 1. The first-order valence-corrected chi connectivity index (χ1v) is 12.9. The van der Waals surface area contributed by atoms with Crippen LogP contribution in [0.3, 0.4) is 0 Å². The van der Waals surface area contributed by atoms with E-state index in [1.165, 1.54) is 11.8 Å². The Bertz CT molecular complexity index is 1380. The molecular weight excluding hydrogens is 498 g/mol. The SMILES string of the molecule is O=C(O)CC(Sc1ccccc1NC(=O)c1ccc(NC(=O)NCc2ccccc2)cc1)c1ccccc1. The molecule has 4 rings (SSSR count). The normalized spacial score (nSPS) is 11.3. The van der Waals surface area contributed by atoms with Gasteiger partial charge >= 0.3 is 12.0 Å². The summed E-state index contributed by atoms with van der Waals surface area (Å²) in [5.74, 6) is -1.21. The van der Waals surface area contributed by atoms with Crippen LogP contribution in [0.25, 0.3) is 0 Å². The van der Waals surface area contributed by atoms with Crippen molar-refractivity contribution in [1.82, 2.24) is 5.32 Å². The monoisotopic (exact) mass is 525 g/mol. The largest absolute Gasteiger partial charge is 0.481 e. The Morgan fingerprint density at radius 1 is 0.737 bits per heavy atom. The van der Waals surface area contributed by atoms with E-state index in [9.17, 15) is 19.5 Å². The second-order valence-corrected chi connectivity index (χ2v) is 9.68. The van der Waals surface area contributed by atoms with Crippen LogP contribution in [0.2, 0.25) is 0 Å². The van der Waals surface area contributed by atoms with Gasteiger partial charge < -0.3 is 21.1 Å². The number of carbonyl (C=O) groups is 3.